The minimum absolute atomic E-state index is 0.391. The van der Waals surface area contributed by atoms with Crippen LogP contribution in [0.3, 0.4) is 0 Å². The summed E-state index contributed by atoms with van der Waals surface area (Å²) in [6, 6.07) is 0.672. The Hall–Kier alpha value is 0.310. The van der Waals surface area contributed by atoms with Crippen LogP contribution in [0.1, 0.15) is 34.6 Å². The molecule has 0 spiro atoms. The molecule has 0 saturated carbocycles. The molecule has 0 aromatic heterocycles. The molecular weight excluding hydrogens is 178 g/mol. The third kappa shape index (κ3) is 2.88. The van der Waals surface area contributed by atoms with Crippen LogP contribution in [0.2, 0.25) is 0 Å². The van der Waals surface area contributed by atoms with Crippen molar-refractivity contribution in [2.75, 3.05) is 12.3 Å². The van der Waals surface area contributed by atoms with Gasteiger partial charge in [-0.3, -0.25) is 0 Å². The highest BCUT2D eigenvalue weighted by molar-refractivity contribution is 8.00. The maximum atomic E-state index is 3.67. The molecule has 2 atom stereocenters. The molecule has 0 bridgehead atoms. The van der Waals surface area contributed by atoms with Crippen LogP contribution in [-0.4, -0.2) is 23.6 Å². The third-order valence-corrected chi connectivity index (χ3v) is 4.34. The van der Waals surface area contributed by atoms with Gasteiger partial charge in [-0.2, -0.15) is 11.8 Å². The lowest BCUT2D eigenvalue weighted by molar-refractivity contribution is 0.240. The molecule has 0 aromatic carbocycles. The normalized spacial score (nSPS) is 30.9. The van der Waals surface area contributed by atoms with Gasteiger partial charge in [0.2, 0.25) is 0 Å². The Kier molecular flexibility index (Phi) is 3.70. The summed E-state index contributed by atoms with van der Waals surface area (Å²) in [4.78, 5) is 0. The van der Waals surface area contributed by atoms with Gasteiger partial charge in [0.05, 0.1) is 0 Å². The van der Waals surface area contributed by atoms with E-state index in [1.807, 2.05) is 0 Å². The number of thioether (sulfide) groups is 1. The fourth-order valence-corrected chi connectivity index (χ4v) is 3.59. The van der Waals surface area contributed by atoms with Crippen LogP contribution in [0.5, 0.6) is 0 Å². The minimum atomic E-state index is 0.391. The van der Waals surface area contributed by atoms with Crippen molar-refractivity contribution in [3.8, 4) is 0 Å². The van der Waals surface area contributed by atoms with E-state index in [0.29, 0.717) is 11.5 Å². The summed E-state index contributed by atoms with van der Waals surface area (Å²) in [5.74, 6) is 2.05. The van der Waals surface area contributed by atoms with Gasteiger partial charge in [-0.1, -0.05) is 34.6 Å². The second kappa shape index (κ2) is 4.22. The molecule has 1 aliphatic heterocycles. The van der Waals surface area contributed by atoms with Crippen LogP contribution in [-0.2, 0) is 0 Å². The molecule has 1 saturated heterocycles. The van der Waals surface area contributed by atoms with Crippen molar-refractivity contribution in [3.63, 3.8) is 0 Å². The van der Waals surface area contributed by atoms with Gasteiger partial charge in [-0.25, -0.2) is 0 Å². The van der Waals surface area contributed by atoms with Gasteiger partial charge >= 0.3 is 0 Å². The average molecular weight is 201 g/mol. The Balaban J connectivity index is 2.67. The molecule has 1 N–H and O–H groups in total. The highest BCUT2D eigenvalue weighted by Gasteiger charge is 2.35. The van der Waals surface area contributed by atoms with E-state index in [1.54, 1.807) is 0 Å². The van der Waals surface area contributed by atoms with E-state index >= 15 is 0 Å². The van der Waals surface area contributed by atoms with Crippen molar-refractivity contribution in [1.82, 2.24) is 5.32 Å². The molecule has 13 heavy (non-hydrogen) atoms. The zero-order valence-electron chi connectivity index (χ0n) is 9.55. The molecule has 78 valence electrons. The zero-order chi connectivity index (χ0) is 10.1. The Morgan fingerprint density at radius 1 is 1.31 bits per heavy atom. The predicted molar refractivity (Wildman–Crippen MR) is 62.3 cm³/mol. The van der Waals surface area contributed by atoms with Gasteiger partial charge in [0.1, 0.15) is 0 Å². The third-order valence-electron chi connectivity index (χ3n) is 2.70. The smallest absolute Gasteiger partial charge is 0.0237 e. The second-order valence-electron chi connectivity index (χ2n) is 5.38. The van der Waals surface area contributed by atoms with Gasteiger partial charge in [0, 0.05) is 23.6 Å². The van der Waals surface area contributed by atoms with Crippen molar-refractivity contribution < 1.29 is 0 Å². The van der Waals surface area contributed by atoms with Gasteiger partial charge < -0.3 is 5.32 Å². The minimum Gasteiger partial charge on any atom is -0.312 e. The summed E-state index contributed by atoms with van der Waals surface area (Å²) in [6.07, 6.45) is 0. The van der Waals surface area contributed by atoms with Crippen LogP contribution in [0, 0.1) is 11.3 Å². The topological polar surface area (TPSA) is 12.0 Å². The second-order valence-corrected chi connectivity index (χ2v) is 6.66. The van der Waals surface area contributed by atoms with Crippen LogP contribution in [0.4, 0.5) is 0 Å². The van der Waals surface area contributed by atoms with Crippen molar-refractivity contribution >= 4 is 11.8 Å². The number of nitrogens with one attached hydrogen (secondary N) is 1. The lowest BCUT2D eigenvalue weighted by atomic mass is 9.81. The molecule has 2 heteroatoms. The first-order chi connectivity index (χ1) is 5.93. The number of hydrogen-bond donors (Lipinski definition) is 1. The lowest BCUT2D eigenvalue weighted by Crippen LogP contribution is -2.53. The Morgan fingerprint density at radius 3 is 2.31 bits per heavy atom. The van der Waals surface area contributed by atoms with Gasteiger partial charge in [0.25, 0.3) is 0 Å². The van der Waals surface area contributed by atoms with E-state index < -0.39 is 0 Å². The summed E-state index contributed by atoms with van der Waals surface area (Å²) in [5.41, 5.74) is 0.391. The lowest BCUT2D eigenvalue weighted by Gasteiger charge is -2.42. The van der Waals surface area contributed by atoms with Crippen LogP contribution in [0.25, 0.3) is 0 Å². The maximum Gasteiger partial charge on any atom is 0.0237 e. The first-order valence-electron chi connectivity index (χ1n) is 5.28. The Morgan fingerprint density at radius 2 is 1.92 bits per heavy atom. The highest BCUT2D eigenvalue weighted by atomic mass is 32.2. The monoisotopic (exact) mass is 201 g/mol. The molecule has 0 aliphatic carbocycles. The molecule has 1 heterocycles. The van der Waals surface area contributed by atoms with Crippen molar-refractivity contribution in [2.45, 2.75) is 45.9 Å². The first-order valence-corrected chi connectivity index (χ1v) is 6.33. The van der Waals surface area contributed by atoms with Crippen LogP contribution >= 0.6 is 11.8 Å². The first kappa shape index (κ1) is 11.4. The SMILES string of the molecule is CC(C)C1SCCNC1C(C)(C)C. The van der Waals surface area contributed by atoms with Crippen molar-refractivity contribution in [3.05, 3.63) is 0 Å². The Labute approximate surface area is 87.1 Å². The quantitative estimate of drug-likeness (QED) is 0.700. The molecule has 2 unspecified atom stereocenters. The van der Waals surface area contributed by atoms with E-state index in [1.165, 1.54) is 12.3 Å². The Bertz CT molecular complexity index is 160. The van der Waals surface area contributed by atoms with E-state index in [0.717, 1.165) is 11.2 Å². The molecule has 0 radical (unpaired) electrons. The summed E-state index contributed by atoms with van der Waals surface area (Å²) in [7, 11) is 0. The van der Waals surface area contributed by atoms with E-state index in [2.05, 4.69) is 51.7 Å². The summed E-state index contributed by atoms with van der Waals surface area (Å²) >= 11 is 2.14. The highest BCUT2D eigenvalue weighted by Crippen LogP contribution is 2.34. The maximum absolute atomic E-state index is 3.67. The largest absolute Gasteiger partial charge is 0.312 e. The average Bonchev–Trinajstić information content (AvgIpc) is 2.03. The summed E-state index contributed by atoms with van der Waals surface area (Å²) < 4.78 is 0. The molecule has 1 aliphatic rings. The van der Waals surface area contributed by atoms with Crippen LogP contribution < -0.4 is 5.32 Å². The summed E-state index contributed by atoms with van der Waals surface area (Å²) in [6.45, 7) is 12.9. The van der Waals surface area contributed by atoms with E-state index in [4.69, 9.17) is 0 Å². The van der Waals surface area contributed by atoms with E-state index in [-0.39, 0.29) is 0 Å². The molecule has 0 aromatic rings. The molecule has 1 nitrogen and oxygen atoms in total. The van der Waals surface area contributed by atoms with Crippen LogP contribution in [0.15, 0.2) is 0 Å². The number of hydrogen-bond acceptors (Lipinski definition) is 2. The number of rotatable bonds is 1. The molecule has 1 rings (SSSR count). The van der Waals surface area contributed by atoms with Gasteiger partial charge in [0.15, 0.2) is 0 Å². The fourth-order valence-electron chi connectivity index (χ4n) is 2.00. The van der Waals surface area contributed by atoms with Gasteiger partial charge in [-0.05, 0) is 11.3 Å². The summed E-state index contributed by atoms with van der Waals surface area (Å²) in [5, 5.41) is 4.46. The molecule has 1 fully saturated rings. The molecular formula is C11H23NS. The van der Waals surface area contributed by atoms with Crippen molar-refractivity contribution in [1.29, 1.82) is 0 Å². The zero-order valence-corrected chi connectivity index (χ0v) is 10.4. The predicted octanol–water partition coefficient (Wildman–Crippen LogP) is 2.76. The van der Waals surface area contributed by atoms with E-state index in [9.17, 15) is 0 Å². The van der Waals surface area contributed by atoms with Crippen molar-refractivity contribution in [2.24, 2.45) is 11.3 Å². The molecule has 0 amide bonds. The van der Waals surface area contributed by atoms with Gasteiger partial charge in [-0.15, -0.1) is 0 Å². The fraction of sp³-hybridized carbons (Fsp3) is 1.00. The standard InChI is InChI=1S/C11H23NS/c1-8(2)9-10(11(3,4)5)12-6-7-13-9/h8-10,12H,6-7H2,1-5H3.